The molecule has 1 amide bonds. The number of ether oxygens (including phenoxy) is 2. The Morgan fingerprint density at radius 2 is 1.90 bits per heavy atom. The zero-order valence-corrected chi connectivity index (χ0v) is 16.4. The van der Waals surface area contributed by atoms with Gasteiger partial charge in [-0.1, -0.05) is 24.3 Å². The third kappa shape index (κ3) is 5.68. The van der Waals surface area contributed by atoms with Crippen molar-refractivity contribution in [2.24, 2.45) is 0 Å². The van der Waals surface area contributed by atoms with Crippen LogP contribution in [-0.4, -0.2) is 42.5 Å². The highest BCUT2D eigenvalue weighted by atomic mass is 16.6. The van der Waals surface area contributed by atoms with Crippen LogP contribution < -0.4 is 14.8 Å². The first-order chi connectivity index (χ1) is 14.1. The maximum Gasteiger partial charge on any atom is 0.311 e. The topological polar surface area (TPSA) is 93.9 Å². The number of nitro benzene ring substituents is 1. The molecule has 1 N–H and O–H groups in total. The molecule has 1 aliphatic heterocycles. The largest absolute Gasteiger partial charge is 0.490 e. The summed E-state index contributed by atoms with van der Waals surface area (Å²) >= 11 is 0. The fourth-order valence-electron chi connectivity index (χ4n) is 3.36. The van der Waals surface area contributed by atoms with Crippen LogP contribution in [0.25, 0.3) is 0 Å². The molecule has 0 aliphatic carbocycles. The van der Waals surface area contributed by atoms with E-state index in [0.717, 1.165) is 25.2 Å². The monoisotopic (exact) mass is 399 g/mol. The van der Waals surface area contributed by atoms with Gasteiger partial charge in [0.2, 0.25) is 5.75 Å². The summed E-state index contributed by atoms with van der Waals surface area (Å²) in [6.45, 7) is 3.37. The fourth-order valence-corrected chi connectivity index (χ4v) is 3.36. The number of carbonyl (C=O) groups is 1. The second kappa shape index (κ2) is 9.88. The standard InChI is InChI=1S/C21H25N3O5/c1-28-20-12-18(8-9-19(20)24(26)27)29-15-21(25)22-13-16-6-2-3-7-17(16)14-23-10-4-5-11-23/h2-3,6-9,12H,4-5,10-11,13-15H2,1H3,(H,22,25). The molecule has 0 aromatic heterocycles. The summed E-state index contributed by atoms with van der Waals surface area (Å²) in [4.78, 5) is 25.0. The van der Waals surface area contributed by atoms with Crippen molar-refractivity contribution in [3.05, 3.63) is 63.7 Å². The van der Waals surface area contributed by atoms with Crippen LogP contribution in [0.15, 0.2) is 42.5 Å². The maximum absolute atomic E-state index is 12.2. The molecule has 2 aromatic carbocycles. The first-order valence-electron chi connectivity index (χ1n) is 9.58. The highest BCUT2D eigenvalue weighted by molar-refractivity contribution is 5.77. The predicted octanol–water partition coefficient (Wildman–Crippen LogP) is 2.89. The number of nitrogens with zero attached hydrogens (tertiary/aromatic N) is 2. The molecule has 1 heterocycles. The lowest BCUT2D eigenvalue weighted by Gasteiger charge is -2.17. The summed E-state index contributed by atoms with van der Waals surface area (Å²) in [5.74, 6) is 0.152. The Labute approximate surface area is 169 Å². The molecular formula is C21H25N3O5. The molecule has 1 fully saturated rings. The molecule has 8 heteroatoms. The lowest BCUT2D eigenvalue weighted by molar-refractivity contribution is -0.385. The molecule has 3 rings (SSSR count). The maximum atomic E-state index is 12.2. The second-order valence-corrected chi connectivity index (χ2v) is 6.91. The van der Waals surface area contributed by atoms with E-state index in [9.17, 15) is 14.9 Å². The van der Waals surface area contributed by atoms with Gasteiger partial charge in [-0.3, -0.25) is 19.8 Å². The zero-order valence-electron chi connectivity index (χ0n) is 16.4. The SMILES string of the molecule is COc1cc(OCC(=O)NCc2ccccc2CN2CCCC2)ccc1[N+](=O)[O-]. The van der Waals surface area contributed by atoms with Gasteiger partial charge in [-0.05, 0) is 43.1 Å². The molecule has 0 radical (unpaired) electrons. The van der Waals surface area contributed by atoms with Gasteiger partial charge >= 0.3 is 5.69 Å². The highest BCUT2D eigenvalue weighted by Crippen LogP contribution is 2.30. The smallest absolute Gasteiger partial charge is 0.311 e. The molecule has 29 heavy (non-hydrogen) atoms. The van der Waals surface area contributed by atoms with Crippen molar-refractivity contribution in [3.63, 3.8) is 0 Å². The van der Waals surface area contributed by atoms with E-state index in [0.29, 0.717) is 12.3 Å². The van der Waals surface area contributed by atoms with Gasteiger partial charge in [0.25, 0.3) is 5.91 Å². The van der Waals surface area contributed by atoms with Crippen LogP contribution in [0.2, 0.25) is 0 Å². The van der Waals surface area contributed by atoms with E-state index in [-0.39, 0.29) is 24.0 Å². The first-order valence-corrected chi connectivity index (χ1v) is 9.58. The van der Waals surface area contributed by atoms with Gasteiger partial charge < -0.3 is 14.8 Å². The van der Waals surface area contributed by atoms with Gasteiger partial charge in [0, 0.05) is 25.2 Å². The number of methoxy groups -OCH3 is 1. The zero-order chi connectivity index (χ0) is 20.6. The van der Waals surface area contributed by atoms with Crippen LogP contribution in [0, 0.1) is 10.1 Å². The van der Waals surface area contributed by atoms with Gasteiger partial charge in [0.05, 0.1) is 12.0 Å². The molecule has 2 aromatic rings. The van der Waals surface area contributed by atoms with E-state index in [2.05, 4.69) is 16.3 Å². The number of nitrogens with one attached hydrogen (secondary N) is 1. The van der Waals surface area contributed by atoms with Crippen molar-refractivity contribution in [2.75, 3.05) is 26.8 Å². The minimum atomic E-state index is -0.533. The Morgan fingerprint density at radius 3 is 2.59 bits per heavy atom. The Bertz CT molecular complexity index is 865. The third-order valence-corrected chi connectivity index (χ3v) is 4.90. The Morgan fingerprint density at radius 1 is 1.17 bits per heavy atom. The summed E-state index contributed by atoms with van der Waals surface area (Å²) in [6, 6.07) is 12.2. The Hall–Kier alpha value is -3.13. The van der Waals surface area contributed by atoms with Crippen molar-refractivity contribution in [3.8, 4) is 11.5 Å². The van der Waals surface area contributed by atoms with Crippen LogP contribution in [0.3, 0.4) is 0 Å². The van der Waals surface area contributed by atoms with Crippen molar-refractivity contribution in [2.45, 2.75) is 25.9 Å². The van der Waals surface area contributed by atoms with E-state index >= 15 is 0 Å². The van der Waals surface area contributed by atoms with E-state index in [1.54, 1.807) is 0 Å². The summed E-state index contributed by atoms with van der Waals surface area (Å²) in [5, 5.41) is 13.8. The van der Waals surface area contributed by atoms with Crippen molar-refractivity contribution < 1.29 is 19.2 Å². The van der Waals surface area contributed by atoms with Gasteiger partial charge in [-0.2, -0.15) is 0 Å². The molecular weight excluding hydrogens is 374 g/mol. The number of nitro groups is 1. The number of hydrogen-bond acceptors (Lipinski definition) is 6. The number of benzene rings is 2. The molecule has 0 bridgehead atoms. The quantitative estimate of drug-likeness (QED) is 0.515. The summed E-state index contributed by atoms with van der Waals surface area (Å²) in [5.41, 5.74) is 2.15. The number of hydrogen-bond donors (Lipinski definition) is 1. The van der Waals surface area contributed by atoms with Gasteiger partial charge in [-0.25, -0.2) is 0 Å². The van der Waals surface area contributed by atoms with E-state index < -0.39 is 4.92 Å². The van der Waals surface area contributed by atoms with E-state index in [1.165, 1.54) is 43.7 Å². The average Bonchev–Trinajstić information content (AvgIpc) is 3.24. The molecule has 0 saturated carbocycles. The highest BCUT2D eigenvalue weighted by Gasteiger charge is 2.16. The van der Waals surface area contributed by atoms with Gasteiger partial charge in [0.15, 0.2) is 6.61 Å². The average molecular weight is 399 g/mol. The summed E-state index contributed by atoms with van der Waals surface area (Å²) in [6.07, 6.45) is 2.48. The second-order valence-electron chi connectivity index (χ2n) is 6.91. The van der Waals surface area contributed by atoms with Crippen molar-refractivity contribution >= 4 is 11.6 Å². The van der Waals surface area contributed by atoms with Gasteiger partial charge in [0.1, 0.15) is 5.75 Å². The summed E-state index contributed by atoms with van der Waals surface area (Å²) < 4.78 is 10.4. The first kappa shape index (κ1) is 20.6. The third-order valence-electron chi connectivity index (χ3n) is 4.90. The van der Waals surface area contributed by atoms with Gasteiger partial charge in [-0.15, -0.1) is 0 Å². The number of amides is 1. The van der Waals surface area contributed by atoms with Crippen molar-refractivity contribution in [1.82, 2.24) is 10.2 Å². The Balaban J connectivity index is 1.52. The molecule has 154 valence electrons. The minimum Gasteiger partial charge on any atom is -0.490 e. The minimum absolute atomic E-state index is 0.0868. The number of carbonyl (C=O) groups excluding carboxylic acids is 1. The normalized spacial score (nSPS) is 13.8. The van der Waals surface area contributed by atoms with Crippen LogP contribution in [-0.2, 0) is 17.9 Å². The van der Waals surface area contributed by atoms with E-state index in [4.69, 9.17) is 9.47 Å². The predicted molar refractivity (Wildman–Crippen MR) is 108 cm³/mol. The molecule has 8 nitrogen and oxygen atoms in total. The van der Waals surface area contributed by atoms with E-state index in [1.807, 2.05) is 18.2 Å². The van der Waals surface area contributed by atoms with Crippen LogP contribution in [0.4, 0.5) is 5.69 Å². The number of likely N-dealkylation sites (tertiary alicyclic amines) is 1. The number of rotatable bonds is 9. The molecule has 0 atom stereocenters. The van der Waals surface area contributed by atoms with Crippen LogP contribution in [0.5, 0.6) is 11.5 Å². The molecule has 1 aliphatic rings. The van der Waals surface area contributed by atoms with Crippen LogP contribution in [0.1, 0.15) is 24.0 Å². The molecule has 1 saturated heterocycles. The van der Waals surface area contributed by atoms with Crippen LogP contribution >= 0.6 is 0 Å². The lowest BCUT2D eigenvalue weighted by atomic mass is 10.1. The fraction of sp³-hybridized carbons (Fsp3) is 0.381. The summed E-state index contributed by atoms with van der Waals surface area (Å²) in [7, 11) is 1.35. The lowest BCUT2D eigenvalue weighted by Crippen LogP contribution is -2.29. The molecule has 0 spiro atoms. The van der Waals surface area contributed by atoms with Crippen molar-refractivity contribution in [1.29, 1.82) is 0 Å². The Kier molecular flexibility index (Phi) is 7.02. The molecule has 0 unspecified atom stereocenters.